The molecule has 2 aromatic carbocycles. The number of ether oxygens (including phenoxy) is 3. The summed E-state index contributed by atoms with van der Waals surface area (Å²) in [6.45, 7) is 1.85. The van der Waals surface area contributed by atoms with Gasteiger partial charge in [-0.05, 0) is 50.3 Å². The molecule has 3 rings (SSSR count). The van der Waals surface area contributed by atoms with E-state index in [2.05, 4.69) is 31.0 Å². The Morgan fingerprint density at radius 2 is 1.51 bits per heavy atom. The summed E-state index contributed by atoms with van der Waals surface area (Å²) in [5.74, 6) is -1.78. The standard InChI is InChI=1S/C31H42N6O9S/c1-2-44-27(38)19-34-47(42,43)22-25(35-28(39)26-16-10-17-32-26)15-9-18-33-29(36-30(40)45-20-23-11-5-3-6-12-23)37-31(41)46-21-24-13-7-4-8-14-24/h3-8,11-14,25-26,32,34H,2,9-10,15-22H2,1H3,(H,35,39)(H2,33,36,37,40,41)/t25-,26-/m0/s1. The predicted molar refractivity (Wildman–Crippen MR) is 172 cm³/mol. The van der Waals surface area contributed by atoms with Crippen LogP contribution in [0.5, 0.6) is 0 Å². The zero-order valence-corrected chi connectivity index (χ0v) is 27.1. The molecule has 2 atom stereocenters. The molecule has 1 aliphatic heterocycles. The summed E-state index contributed by atoms with van der Waals surface area (Å²) in [5.41, 5.74) is 1.51. The maximum atomic E-state index is 12.8. The summed E-state index contributed by atoms with van der Waals surface area (Å²) in [4.78, 5) is 53.7. The van der Waals surface area contributed by atoms with Crippen molar-refractivity contribution in [3.05, 3.63) is 71.8 Å². The Morgan fingerprint density at radius 1 is 0.915 bits per heavy atom. The van der Waals surface area contributed by atoms with E-state index in [4.69, 9.17) is 14.2 Å². The van der Waals surface area contributed by atoms with Gasteiger partial charge < -0.3 is 24.8 Å². The van der Waals surface area contributed by atoms with Crippen LogP contribution < -0.4 is 26.0 Å². The smallest absolute Gasteiger partial charge is 0.414 e. The Labute approximate surface area is 274 Å². The number of amides is 3. The molecule has 15 nitrogen and oxygen atoms in total. The Balaban J connectivity index is 1.62. The fraction of sp³-hybridized carbons (Fsp3) is 0.452. The van der Waals surface area contributed by atoms with Gasteiger partial charge in [0.05, 0.1) is 18.4 Å². The van der Waals surface area contributed by atoms with Crippen molar-refractivity contribution in [1.82, 2.24) is 26.0 Å². The molecule has 1 fully saturated rings. The number of sulfonamides is 1. The highest BCUT2D eigenvalue weighted by Gasteiger charge is 2.27. The minimum atomic E-state index is -3.98. The van der Waals surface area contributed by atoms with Gasteiger partial charge in [-0.25, -0.2) is 22.7 Å². The molecule has 0 unspecified atom stereocenters. The molecule has 0 radical (unpaired) electrons. The lowest BCUT2D eigenvalue weighted by Crippen LogP contribution is -2.49. The summed E-state index contributed by atoms with van der Waals surface area (Å²) in [6.07, 6.45) is 0.126. The van der Waals surface area contributed by atoms with E-state index in [1.165, 1.54) is 0 Å². The number of carbonyl (C=O) groups excluding carboxylic acids is 4. The zero-order valence-electron chi connectivity index (χ0n) is 26.2. The first-order valence-corrected chi connectivity index (χ1v) is 17.0. The second kappa shape index (κ2) is 19.9. The molecular weight excluding hydrogens is 632 g/mol. The summed E-state index contributed by atoms with van der Waals surface area (Å²) in [5, 5.41) is 10.7. The third kappa shape index (κ3) is 15.1. The highest BCUT2D eigenvalue weighted by atomic mass is 32.2. The molecule has 0 spiro atoms. The maximum Gasteiger partial charge on any atom is 0.414 e. The summed E-state index contributed by atoms with van der Waals surface area (Å²) in [6, 6.07) is 16.7. The fourth-order valence-electron chi connectivity index (χ4n) is 4.46. The number of rotatable bonds is 16. The van der Waals surface area contributed by atoms with Gasteiger partial charge in [0.25, 0.3) is 0 Å². The average Bonchev–Trinajstić information content (AvgIpc) is 3.60. The molecule has 256 valence electrons. The molecule has 3 amide bonds. The van der Waals surface area contributed by atoms with Crippen molar-refractivity contribution in [2.24, 2.45) is 4.99 Å². The molecule has 1 aliphatic rings. The van der Waals surface area contributed by atoms with Crippen LogP contribution in [0.3, 0.4) is 0 Å². The van der Waals surface area contributed by atoms with Crippen molar-refractivity contribution in [3.8, 4) is 0 Å². The van der Waals surface area contributed by atoms with Gasteiger partial charge in [0.2, 0.25) is 21.9 Å². The summed E-state index contributed by atoms with van der Waals surface area (Å²) < 4.78 is 42.9. The SMILES string of the molecule is CCOC(=O)CNS(=O)(=O)C[C@H](CCCN=C(NC(=O)OCc1ccccc1)NC(=O)OCc1ccccc1)NC(=O)[C@@H]1CCCN1. The van der Waals surface area contributed by atoms with Gasteiger partial charge in [-0.1, -0.05) is 60.7 Å². The fourth-order valence-corrected chi connectivity index (χ4v) is 5.70. The number of nitrogens with zero attached hydrogens (tertiary/aromatic N) is 1. The van der Waals surface area contributed by atoms with Crippen molar-refractivity contribution in [3.63, 3.8) is 0 Å². The van der Waals surface area contributed by atoms with Crippen molar-refractivity contribution >= 4 is 40.0 Å². The van der Waals surface area contributed by atoms with Crippen LogP contribution in [0.1, 0.15) is 43.7 Å². The van der Waals surface area contributed by atoms with E-state index in [0.29, 0.717) is 13.0 Å². The number of alkyl carbamates (subject to hydrolysis) is 2. The zero-order chi connectivity index (χ0) is 33.9. The minimum absolute atomic E-state index is 0.0195. The second-order valence-electron chi connectivity index (χ2n) is 10.5. The van der Waals surface area contributed by atoms with Gasteiger partial charge >= 0.3 is 18.2 Å². The Kier molecular flexibility index (Phi) is 15.6. The van der Waals surface area contributed by atoms with E-state index in [0.717, 1.165) is 17.5 Å². The second-order valence-corrected chi connectivity index (χ2v) is 12.4. The largest absolute Gasteiger partial charge is 0.465 e. The molecule has 1 saturated heterocycles. The highest BCUT2D eigenvalue weighted by molar-refractivity contribution is 7.89. The monoisotopic (exact) mass is 674 g/mol. The number of carbonyl (C=O) groups is 4. The summed E-state index contributed by atoms with van der Waals surface area (Å²) in [7, 11) is -3.98. The van der Waals surface area contributed by atoms with Crippen molar-refractivity contribution in [1.29, 1.82) is 0 Å². The lowest BCUT2D eigenvalue weighted by atomic mass is 10.1. The van der Waals surface area contributed by atoms with E-state index in [9.17, 15) is 27.6 Å². The maximum absolute atomic E-state index is 12.8. The van der Waals surface area contributed by atoms with E-state index in [-0.39, 0.29) is 51.1 Å². The van der Waals surface area contributed by atoms with Crippen LogP contribution >= 0.6 is 0 Å². The topological polar surface area (TPSA) is 203 Å². The molecule has 16 heteroatoms. The van der Waals surface area contributed by atoms with E-state index in [1.54, 1.807) is 55.5 Å². The number of guanidine groups is 1. The van der Waals surface area contributed by atoms with E-state index in [1.807, 2.05) is 12.1 Å². The molecule has 1 heterocycles. The van der Waals surface area contributed by atoms with Crippen molar-refractivity contribution in [2.45, 2.75) is 57.9 Å². The lowest BCUT2D eigenvalue weighted by Gasteiger charge is -2.21. The number of hydrogen-bond donors (Lipinski definition) is 5. The van der Waals surface area contributed by atoms with Crippen molar-refractivity contribution < 1.29 is 41.8 Å². The van der Waals surface area contributed by atoms with Gasteiger partial charge in [0.1, 0.15) is 19.8 Å². The molecule has 0 saturated carbocycles. The quantitative estimate of drug-likeness (QED) is 0.0573. The highest BCUT2D eigenvalue weighted by Crippen LogP contribution is 2.08. The van der Waals surface area contributed by atoms with E-state index >= 15 is 0 Å². The average molecular weight is 675 g/mol. The molecule has 0 bridgehead atoms. The first-order chi connectivity index (χ1) is 22.6. The third-order valence-electron chi connectivity index (χ3n) is 6.73. The van der Waals surface area contributed by atoms with Gasteiger partial charge in [0, 0.05) is 12.6 Å². The van der Waals surface area contributed by atoms with Crippen LogP contribution in [0.25, 0.3) is 0 Å². The molecule has 5 N–H and O–H groups in total. The number of hydrogen-bond acceptors (Lipinski definition) is 11. The van der Waals surface area contributed by atoms with Gasteiger partial charge in [-0.2, -0.15) is 0 Å². The third-order valence-corrected chi connectivity index (χ3v) is 8.16. The first-order valence-electron chi connectivity index (χ1n) is 15.3. The van der Waals surface area contributed by atoms with Crippen LogP contribution in [0.15, 0.2) is 65.7 Å². The Bertz CT molecular complexity index is 1380. The molecule has 0 aliphatic carbocycles. The van der Waals surface area contributed by atoms with Crippen LogP contribution in [0.4, 0.5) is 9.59 Å². The molecule has 0 aromatic heterocycles. The Morgan fingerprint density at radius 3 is 2.04 bits per heavy atom. The number of nitrogens with one attached hydrogen (secondary N) is 5. The van der Waals surface area contributed by atoms with Gasteiger partial charge in [-0.3, -0.25) is 25.2 Å². The van der Waals surface area contributed by atoms with E-state index < -0.39 is 52.6 Å². The van der Waals surface area contributed by atoms with Gasteiger partial charge in [0.15, 0.2) is 0 Å². The number of esters is 1. The van der Waals surface area contributed by atoms with Gasteiger partial charge in [-0.15, -0.1) is 0 Å². The van der Waals surface area contributed by atoms with Crippen LogP contribution in [-0.4, -0.2) is 82.5 Å². The predicted octanol–water partition coefficient (Wildman–Crippen LogP) is 1.69. The summed E-state index contributed by atoms with van der Waals surface area (Å²) >= 11 is 0. The van der Waals surface area contributed by atoms with Crippen LogP contribution in [0.2, 0.25) is 0 Å². The molecule has 47 heavy (non-hydrogen) atoms. The van der Waals surface area contributed by atoms with Crippen molar-refractivity contribution in [2.75, 3.05) is 32.0 Å². The van der Waals surface area contributed by atoms with Crippen LogP contribution in [0, 0.1) is 0 Å². The Hall–Kier alpha value is -4.54. The molecule has 2 aromatic rings. The number of aliphatic imine (C=N–C) groups is 1. The van der Waals surface area contributed by atoms with Crippen LogP contribution in [-0.2, 0) is 47.0 Å². The normalized spacial score (nSPS) is 14.7. The molecular formula is C31H42N6O9S. The first kappa shape index (κ1) is 36.9. The lowest BCUT2D eigenvalue weighted by molar-refractivity contribution is -0.141. The minimum Gasteiger partial charge on any atom is -0.465 e. The number of benzene rings is 2.